The number of ether oxygens (including phenoxy) is 1. The molecule has 1 heterocycles. The van der Waals surface area contributed by atoms with Crippen molar-refractivity contribution < 1.29 is 13.2 Å². The van der Waals surface area contributed by atoms with Crippen molar-refractivity contribution in [1.82, 2.24) is 9.03 Å². The normalized spacial score (nSPS) is 32.9. The molecule has 22 heavy (non-hydrogen) atoms. The molecular formula is C15H21ClN2O3S. The van der Waals surface area contributed by atoms with Gasteiger partial charge in [0.1, 0.15) is 0 Å². The molecule has 1 saturated carbocycles. The molecule has 1 aromatic carbocycles. The van der Waals surface area contributed by atoms with Crippen molar-refractivity contribution in [2.75, 3.05) is 13.2 Å². The maximum Gasteiger partial charge on any atom is 0.280 e. The Bertz CT molecular complexity index is 652. The van der Waals surface area contributed by atoms with E-state index >= 15 is 0 Å². The van der Waals surface area contributed by atoms with Gasteiger partial charge < -0.3 is 4.74 Å². The lowest BCUT2D eigenvalue weighted by Crippen LogP contribution is -2.54. The summed E-state index contributed by atoms with van der Waals surface area (Å²) in [5.74, 6) is 0.210. The second-order valence-electron chi connectivity index (χ2n) is 6.19. The van der Waals surface area contributed by atoms with Crippen LogP contribution in [0.5, 0.6) is 0 Å². The number of nitrogens with one attached hydrogen (secondary N) is 1. The lowest BCUT2D eigenvalue weighted by Gasteiger charge is -2.35. The Balaban J connectivity index is 1.66. The number of hydrogen-bond donors (Lipinski definition) is 1. The zero-order valence-electron chi connectivity index (χ0n) is 12.7. The van der Waals surface area contributed by atoms with Crippen molar-refractivity contribution in [3.05, 3.63) is 34.9 Å². The standard InChI is InChI=1S/C15H21ClN2O3S/c1-10-9-21-11(2)8-18(10)22(19,20)17-15-7-14(15)12-4-3-5-13(16)6-12/h3-6,10-11,14-15,17H,7-9H2,1-2H3/t10-,11+,14+,15+/m0/s1. The van der Waals surface area contributed by atoms with Crippen molar-refractivity contribution in [3.63, 3.8) is 0 Å². The summed E-state index contributed by atoms with van der Waals surface area (Å²) in [6, 6.07) is 7.42. The summed E-state index contributed by atoms with van der Waals surface area (Å²) < 4.78 is 35.0. The van der Waals surface area contributed by atoms with Crippen molar-refractivity contribution in [3.8, 4) is 0 Å². The van der Waals surface area contributed by atoms with Crippen LogP contribution in [-0.4, -0.2) is 44.1 Å². The highest BCUT2D eigenvalue weighted by Crippen LogP contribution is 2.42. The number of halogens is 1. The molecule has 122 valence electrons. The molecule has 4 atom stereocenters. The van der Waals surface area contributed by atoms with Crippen LogP contribution in [0.2, 0.25) is 5.02 Å². The zero-order chi connectivity index (χ0) is 15.9. The van der Waals surface area contributed by atoms with Crippen LogP contribution >= 0.6 is 11.6 Å². The summed E-state index contributed by atoms with van der Waals surface area (Å²) >= 11 is 5.99. The average Bonchev–Trinajstić information content (AvgIpc) is 3.20. The summed E-state index contributed by atoms with van der Waals surface area (Å²) in [6.07, 6.45) is 0.740. The molecule has 1 aliphatic carbocycles. The van der Waals surface area contributed by atoms with Gasteiger partial charge in [0.05, 0.1) is 12.7 Å². The number of morpholine rings is 1. The zero-order valence-corrected chi connectivity index (χ0v) is 14.3. The Kier molecular flexibility index (Phi) is 4.49. The fraction of sp³-hybridized carbons (Fsp3) is 0.600. The van der Waals surface area contributed by atoms with Gasteiger partial charge in [0.15, 0.2) is 0 Å². The molecule has 0 bridgehead atoms. The van der Waals surface area contributed by atoms with Gasteiger partial charge in [0.2, 0.25) is 0 Å². The third kappa shape index (κ3) is 3.46. The van der Waals surface area contributed by atoms with Crippen molar-refractivity contribution in [2.24, 2.45) is 0 Å². The van der Waals surface area contributed by atoms with E-state index in [1.165, 1.54) is 4.31 Å². The molecule has 0 amide bonds. The van der Waals surface area contributed by atoms with Gasteiger partial charge in [-0.15, -0.1) is 0 Å². The predicted octanol–water partition coefficient (Wildman–Crippen LogP) is 2.14. The van der Waals surface area contributed by atoms with E-state index in [1.54, 1.807) is 0 Å². The van der Waals surface area contributed by atoms with Crippen LogP contribution in [0.1, 0.15) is 31.7 Å². The summed E-state index contributed by atoms with van der Waals surface area (Å²) in [6.45, 7) is 4.59. The molecule has 5 nitrogen and oxygen atoms in total. The molecule has 0 aromatic heterocycles. The van der Waals surface area contributed by atoms with Crippen LogP contribution < -0.4 is 4.72 Å². The third-order valence-corrected chi connectivity index (χ3v) is 6.19. The Morgan fingerprint density at radius 1 is 1.36 bits per heavy atom. The smallest absolute Gasteiger partial charge is 0.280 e. The molecule has 0 radical (unpaired) electrons. The second kappa shape index (κ2) is 6.09. The van der Waals surface area contributed by atoms with Gasteiger partial charge in [-0.05, 0) is 38.0 Å². The maximum atomic E-state index is 12.6. The number of benzene rings is 1. The van der Waals surface area contributed by atoms with Gasteiger partial charge in [-0.2, -0.15) is 17.4 Å². The van der Waals surface area contributed by atoms with E-state index < -0.39 is 10.2 Å². The topological polar surface area (TPSA) is 58.6 Å². The molecule has 1 N–H and O–H groups in total. The summed E-state index contributed by atoms with van der Waals surface area (Å²) in [5, 5.41) is 0.682. The summed E-state index contributed by atoms with van der Waals surface area (Å²) in [4.78, 5) is 0. The fourth-order valence-corrected chi connectivity index (χ4v) is 4.82. The lowest BCUT2D eigenvalue weighted by molar-refractivity contribution is -0.0175. The first-order chi connectivity index (χ1) is 10.4. The Morgan fingerprint density at radius 2 is 2.14 bits per heavy atom. The van der Waals surface area contributed by atoms with Gasteiger partial charge in [-0.3, -0.25) is 0 Å². The largest absolute Gasteiger partial charge is 0.375 e. The van der Waals surface area contributed by atoms with Gasteiger partial charge in [-0.1, -0.05) is 23.7 Å². The highest BCUT2D eigenvalue weighted by atomic mass is 35.5. The quantitative estimate of drug-likeness (QED) is 0.910. The molecular weight excluding hydrogens is 324 g/mol. The van der Waals surface area contributed by atoms with Crippen molar-refractivity contribution in [2.45, 2.75) is 44.4 Å². The fourth-order valence-electron chi connectivity index (χ4n) is 2.90. The second-order valence-corrected chi connectivity index (χ2v) is 8.28. The molecule has 0 spiro atoms. The number of nitrogens with zero attached hydrogens (tertiary/aromatic N) is 1. The van der Waals surface area contributed by atoms with Crippen LogP contribution in [0.4, 0.5) is 0 Å². The Hall–Kier alpha value is -0.660. The molecule has 7 heteroatoms. The van der Waals surface area contributed by atoms with Gasteiger partial charge in [0.25, 0.3) is 10.2 Å². The predicted molar refractivity (Wildman–Crippen MR) is 86.2 cm³/mol. The third-order valence-electron chi connectivity index (χ3n) is 4.23. The Morgan fingerprint density at radius 3 is 2.86 bits per heavy atom. The maximum absolute atomic E-state index is 12.6. The molecule has 1 aliphatic heterocycles. The monoisotopic (exact) mass is 344 g/mol. The van der Waals surface area contributed by atoms with E-state index in [4.69, 9.17) is 16.3 Å². The minimum absolute atomic E-state index is 0.0474. The first-order valence-electron chi connectivity index (χ1n) is 7.53. The highest BCUT2D eigenvalue weighted by Gasteiger charge is 2.43. The first kappa shape index (κ1) is 16.2. The SMILES string of the molecule is C[C@@H]1CN(S(=O)(=O)N[C@@H]2C[C@@H]2c2cccc(Cl)c2)[C@@H](C)CO1. The van der Waals surface area contributed by atoms with Crippen LogP contribution in [0.25, 0.3) is 0 Å². The molecule has 2 aliphatic rings. The number of hydrogen-bond acceptors (Lipinski definition) is 3. The lowest BCUT2D eigenvalue weighted by atomic mass is 10.1. The molecule has 0 unspecified atom stereocenters. The van der Waals surface area contributed by atoms with E-state index in [-0.39, 0.29) is 24.1 Å². The van der Waals surface area contributed by atoms with Gasteiger partial charge in [-0.25, -0.2) is 0 Å². The van der Waals surface area contributed by atoms with Gasteiger partial charge in [0, 0.05) is 29.6 Å². The molecule has 1 aromatic rings. The average molecular weight is 345 g/mol. The molecule has 2 fully saturated rings. The summed E-state index contributed by atoms with van der Waals surface area (Å²) in [7, 11) is -3.48. The highest BCUT2D eigenvalue weighted by molar-refractivity contribution is 7.87. The summed E-state index contributed by atoms with van der Waals surface area (Å²) in [5.41, 5.74) is 1.09. The first-order valence-corrected chi connectivity index (χ1v) is 9.35. The van der Waals surface area contributed by atoms with Gasteiger partial charge >= 0.3 is 0 Å². The minimum Gasteiger partial charge on any atom is -0.375 e. The molecule has 1 saturated heterocycles. The molecule has 3 rings (SSSR count). The van der Waals surface area contributed by atoms with E-state index in [1.807, 2.05) is 38.1 Å². The van der Waals surface area contributed by atoms with Crippen LogP contribution in [-0.2, 0) is 14.9 Å². The van der Waals surface area contributed by atoms with Crippen LogP contribution in [0.3, 0.4) is 0 Å². The van der Waals surface area contributed by atoms with Crippen molar-refractivity contribution >= 4 is 21.8 Å². The van der Waals surface area contributed by atoms with E-state index in [0.717, 1.165) is 12.0 Å². The van der Waals surface area contributed by atoms with E-state index in [2.05, 4.69) is 4.72 Å². The van der Waals surface area contributed by atoms with E-state index in [9.17, 15) is 8.42 Å². The van der Waals surface area contributed by atoms with Crippen LogP contribution in [0.15, 0.2) is 24.3 Å². The van der Waals surface area contributed by atoms with Crippen LogP contribution in [0, 0.1) is 0 Å². The van der Waals surface area contributed by atoms with Crippen molar-refractivity contribution in [1.29, 1.82) is 0 Å². The number of rotatable bonds is 4. The minimum atomic E-state index is -3.48. The van der Waals surface area contributed by atoms with E-state index in [0.29, 0.717) is 18.2 Å². The Labute approximate surface area is 136 Å².